The summed E-state index contributed by atoms with van der Waals surface area (Å²) in [7, 11) is 0. The molecule has 1 heterocycles. The fourth-order valence-electron chi connectivity index (χ4n) is 1.20. The monoisotopic (exact) mass is 221 g/mol. The second kappa shape index (κ2) is 7.80. The average Bonchev–Trinajstić information content (AvgIpc) is 2.35. The Morgan fingerprint density at radius 2 is 1.56 bits per heavy atom. The van der Waals surface area contributed by atoms with Crippen LogP contribution in [0.25, 0.3) is 10.9 Å². The first kappa shape index (κ1) is 14.6. The van der Waals surface area contributed by atoms with E-state index in [4.69, 9.17) is 0 Å². The number of halogens is 1. The predicted octanol–water partition coefficient (Wildman–Crippen LogP) is 4.73. The molecule has 0 aliphatic heterocycles. The van der Waals surface area contributed by atoms with Crippen LogP contribution in [0.4, 0.5) is 4.39 Å². The van der Waals surface area contributed by atoms with Gasteiger partial charge in [0, 0.05) is 11.1 Å². The highest BCUT2D eigenvalue weighted by Gasteiger charge is 1.95. The number of fused-ring (bicyclic) bond motifs is 1. The zero-order chi connectivity index (χ0) is 12.6. The Hall–Kier alpha value is -1.44. The van der Waals surface area contributed by atoms with Crippen LogP contribution in [0.3, 0.4) is 0 Å². The molecule has 0 bridgehead atoms. The van der Waals surface area contributed by atoms with Crippen LogP contribution in [0.1, 0.15) is 33.4 Å². The quantitative estimate of drug-likeness (QED) is 0.626. The SMILES string of the molecule is CC.CC.Cc1ccc2cc(F)ccc2n1. The van der Waals surface area contributed by atoms with Crippen LogP contribution in [-0.2, 0) is 0 Å². The van der Waals surface area contributed by atoms with Crippen molar-refractivity contribution < 1.29 is 4.39 Å². The Morgan fingerprint density at radius 3 is 2.19 bits per heavy atom. The molecule has 0 fully saturated rings. The predicted molar refractivity (Wildman–Crippen MR) is 69.1 cm³/mol. The summed E-state index contributed by atoms with van der Waals surface area (Å²) in [5.41, 5.74) is 1.80. The third kappa shape index (κ3) is 3.97. The molecule has 0 aliphatic rings. The van der Waals surface area contributed by atoms with Crippen molar-refractivity contribution in [1.82, 2.24) is 4.98 Å². The van der Waals surface area contributed by atoms with Gasteiger partial charge in [0.25, 0.3) is 0 Å². The van der Waals surface area contributed by atoms with Crippen molar-refractivity contribution >= 4 is 10.9 Å². The molecule has 1 aromatic carbocycles. The highest BCUT2D eigenvalue weighted by atomic mass is 19.1. The van der Waals surface area contributed by atoms with Crippen molar-refractivity contribution in [1.29, 1.82) is 0 Å². The van der Waals surface area contributed by atoms with Crippen molar-refractivity contribution in [3.05, 3.63) is 41.8 Å². The van der Waals surface area contributed by atoms with Crippen molar-refractivity contribution in [3.8, 4) is 0 Å². The van der Waals surface area contributed by atoms with E-state index in [1.165, 1.54) is 12.1 Å². The molecular weight excluding hydrogens is 201 g/mol. The Balaban J connectivity index is 0.000000509. The third-order valence-electron chi connectivity index (χ3n) is 1.79. The second-order valence-corrected chi connectivity index (χ2v) is 2.79. The first-order valence-electron chi connectivity index (χ1n) is 5.78. The Labute approximate surface area is 97.3 Å². The standard InChI is InChI=1S/C10H8FN.2C2H6/c1-7-2-3-8-6-9(11)4-5-10(8)12-7;2*1-2/h2-6H,1H3;2*1-2H3. The number of rotatable bonds is 0. The molecule has 0 atom stereocenters. The van der Waals surface area contributed by atoms with Crippen LogP contribution < -0.4 is 0 Å². The number of pyridine rings is 1. The summed E-state index contributed by atoms with van der Waals surface area (Å²) in [6, 6.07) is 8.36. The topological polar surface area (TPSA) is 12.9 Å². The van der Waals surface area contributed by atoms with E-state index in [2.05, 4.69) is 4.98 Å². The molecule has 2 rings (SSSR count). The van der Waals surface area contributed by atoms with Crippen molar-refractivity contribution in [2.75, 3.05) is 0 Å². The van der Waals surface area contributed by atoms with Crippen molar-refractivity contribution in [3.63, 3.8) is 0 Å². The lowest BCUT2D eigenvalue weighted by atomic mass is 10.2. The first-order valence-corrected chi connectivity index (χ1v) is 5.78. The van der Waals surface area contributed by atoms with Gasteiger partial charge in [0.15, 0.2) is 0 Å². The molecule has 88 valence electrons. The molecule has 0 radical (unpaired) electrons. The summed E-state index contributed by atoms with van der Waals surface area (Å²) in [5, 5.41) is 0.848. The van der Waals surface area contributed by atoms with E-state index in [1.807, 2.05) is 46.8 Å². The summed E-state index contributed by atoms with van der Waals surface area (Å²) >= 11 is 0. The van der Waals surface area contributed by atoms with Gasteiger partial charge in [-0.15, -0.1) is 0 Å². The van der Waals surface area contributed by atoms with Gasteiger partial charge in [-0.1, -0.05) is 33.8 Å². The molecule has 0 saturated heterocycles. The van der Waals surface area contributed by atoms with Gasteiger partial charge in [0.05, 0.1) is 5.52 Å². The first-order chi connectivity index (χ1) is 7.75. The number of nitrogens with zero attached hydrogens (tertiary/aromatic N) is 1. The Bertz CT molecular complexity index is 383. The zero-order valence-electron chi connectivity index (χ0n) is 10.7. The summed E-state index contributed by atoms with van der Waals surface area (Å²) in [4.78, 5) is 4.25. The van der Waals surface area contributed by atoms with Gasteiger partial charge in [0.2, 0.25) is 0 Å². The van der Waals surface area contributed by atoms with Crippen molar-refractivity contribution in [2.24, 2.45) is 0 Å². The summed E-state index contributed by atoms with van der Waals surface area (Å²) in [6.45, 7) is 9.92. The number of aryl methyl sites for hydroxylation is 1. The normalized spacial score (nSPS) is 8.62. The molecule has 0 aliphatic carbocycles. The maximum Gasteiger partial charge on any atom is 0.123 e. The third-order valence-corrected chi connectivity index (χ3v) is 1.79. The largest absolute Gasteiger partial charge is 0.253 e. The van der Waals surface area contributed by atoms with E-state index in [0.717, 1.165) is 16.6 Å². The second-order valence-electron chi connectivity index (χ2n) is 2.79. The minimum absolute atomic E-state index is 0.215. The van der Waals surface area contributed by atoms with Gasteiger partial charge in [0.1, 0.15) is 5.82 Å². The van der Waals surface area contributed by atoms with Gasteiger partial charge < -0.3 is 0 Å². The molecule has 0 spiro atoms. The molecule has 1 aromatic heterocycles. The van der Waals surface area contributed by atoms with E-state index in [0.29, 0.717) is 0 Å². The molecule has 2 aromatic rings. The molecule has 0 saturated carbocycles. The average molecular weight is 221 g/mol. The minimum Gasteiger partial charge on any atom is -0.253 e. The lowest BCUT2D eigenvalue weighted by Gasteiger charge is -1.97. The maximum absolute atomic E-state index is 12.7. The number of benzene rings is 1. The fourth-order valence-corrected chi connectivity index (χ4v) is 1.20. The molecule has 1 nitrogen and oxygen atoms in total. The Morgan fingerprint density at radius 1 is 0.938 bits per heavy atom. The lowest BCUT2D eigenvalue weighted by molar-refractivity contribution is 0.629. The molecule has 16 heavy (non-hydrogen) atoms. The molecule has 0 amide bonds. The highest BCUT2D eigenvalue weighted by Crippen LogP contribution is 2.13. The zero-order valence-corrected chi connectivity index (χ0v) is 10.7. The van der Waals surface area contributed by atoms with Gasteiger partial charge >= 0.3 is 0 Å². The number of hydrogen-bond acceptors (Lipinski definition) is 1. The number of aromatic nitrogens is 1. The van der Waals surface area contributed by atoms with E-state index in [-0.39, 0.29) is 5.82 Å². The molecule has 0 unspecified atom stereocenters. The molecule has 0 N–H and O–H groups in total. The van der Waals surface area contributed by atoms with Crippen molar-refractivity contribution in [2.45, 2.75) is 34.6 Å². The van der Waals surface area contributed by atoms with E-state index in [1.54, 1.807) is 6.07 Å². The maximum atomic E-state index is 12.7. The fraction of sp³-hybridized carbons (Fsp3) is 0.357. The van der Waals surface area contributed by atoms with Crippen LogP contribution in [-0.4, -0.2) is 4.98 Å². The van der Waals surface area contributed by atoms with Crippen LogP contribution in [0.15, 0.2) is 30.3 Å². The molecule has 2 heteroatoms. The minimum atomic E-state index is -0.215. The van der Waals surface area contributed by atoms with E-state index >= 15 is 0 Å². The summed E-state index contributed by atoms with van der Waals surface area (Å²) in [5.74, 6) is -0.215. The van der Waals surface area contributed by atoms with Gasteiger partial charge in [-0.25, -0.2) is 4.39 Å². The van der Waals surface area contributed by atoms with Gasteiger partial charge in [-0.05, 0) is 31.2 Å². The smallest absolute Gasteiger partial charge is 0.123 e. The lowest BCUT2D eigenvalue weighted by Crippen LogP contribution is -1.83. The van der Waals surface area contributed by atoms with E-state index in [9.17, 15) is 4.39 Å². The Kier molecular flexibility index (Phi) is 7.10. The number of hydrogen-bond donors (Lipinski definition) is 0. The molecular formula is C14H20FN. The van der Waals surface area contributed by atoms with Crippen LogP contribution in [0.2, 0.25) is 0 Å². The van der Waals surface area contributed by atoms with Gasteiger partial charge in [-0.2, -0.15) is 0 Å². The van der Waals surface area contributed by atoms with Crippen LogP contribution in [0.5, 0.6) is 0 Å². The van der Waals surface area contributed by atoms with Gasteiger partial charge in [-0.3, -0.25) is 4.98 Å². The summed E-state index contributed by atoms with van der Waals surface area (Å²) in [6.07, 6.45) is 0. The highest BCUT2D eigenvalue weighted by molar-refractivity contribution is 5.78. The van der Waals surface area contributed by atoms with Crippen LogP contribution >= 0.6 is 0 Å². The van der Waals surface area contributed by atoms with Crippen LogP contribution in [0, 0.1) is 12.7 Å². The summed E-state index contributed by atoms with van der Waals surface area (Å²) < 4.78 is 12.7. The van der Waals surface area contributed by atoms with E-state index < -0.39 is 0 Å².